The van der Waals surface area contributed by atoms with Gasteiger partial charge < -0.3 is 5.32 Å². The number of allylic oxidation sites excluding steroid dienone is 1. The van der Waals surface area contributed by atoms with Crippen LogP contribution in [0.2, 0.25) is 0 Å². The zero-order valence-corrected chi connectivity index (χ0v) is 23.0. The van der Waals surface area contributed by atoms with Crippen molar-refractivity contribution in [2.75, 3.05) is 4.72 Å². The molecule has 2 aliphatic rings. The highest BCUT2D eigenvalue weighted by Gasteiger charge is 2.47. The molecule has 1 saturated carbocycles. The van der Waals surface area contributed by atoms with E-state index >= 15 is 0 Å². The Balaban J connectivity index is 1.55. The summed E-state index contributed by atoms with van der Waals surface area (Å²) in [5, 5.41) is 10.8. The van der Waals surface area contributed by atoms with Gasteiger partial charge in [0.1, 0.15) is 0 Å². The van der Waals surface area contributed by atoms with Gasteiger partial charge in [-0.15, -0.1) is 11.8 Å². The van der Waals surface area contributed by atoms with Crippen LogP contribution in [-0.4, -0.2) is 22.9 Å². The fourth-order valence-electron chi connectivity index (χ4n) is 5.20. The minimum Gasteiger partial charge on any atom is -0.310 e. The molecule has 1 heterocycles. The van der Waals surface area contributed by atoms with Gasteiger partial charge >= 0.3 is 0 Å². The van der Waals surface area contributed by atoms with E-state index in [-0.39, 0.29) is 16.9 Å². The first-order chi connectivity index (χ1) is 17.1. The van der Waals surface area contributed by atoms with Gasteiger partial charge in [-0.05, 0) is 42.4 Å². The van der Waals surface area contributed by atoms with Gasteiger partial charge in [0.2, 0.25) is 10.0 Å². The van der Waals surface area contributed by atoms with E-state index in [2.05, 4.69) is 17.0 Å². The van der Waals surface area contributed by atoms with E-state index in [1.54, 1.807) is 35.7 Å². The predicted octanol–water partition coefficient (Wildman–Crippen LogP) is 5.03. The zero-order chi connectivity index (χ0) is 25.8. The number of rotatable bonds is 10. The number of benzene rings is 2. The Morgan fingerprint density at radius 3 is 2.42 bits per heavy atom. The molecule has 7 nitrogen and oxygen atoms in total. The fraction of sp³-hybridized carbons (Fsp3) is 0.462. The van der Waals surface area contributed by atoms with Crippen molar-refractivity contribution in [2.45, 2.75) is 73.4 Å². The number of anilines is 1. The number of para-hydroxylation sites is 1. The lowest BCUT2D eigenvalue weighted by atomic mass is 9.85. The zero-order valence-electron chi connectivity index (χ0n) is 20.5. The van der Waals surface area contributed by atoms with Crippen molar-refractivity contribution in [2.24, 2.45) is 11.1 Å². The van der Waals surface area contributed by atoms with Gasteiger partial charge in [0.25, 0.3) is 10.0 Å². The largest absolute Gasteiger partial charge is 0.310 e. The third-order valence-electron chi connectivity index (χ3n) is 7.10. The average molecular weight is 550 g/mol. The molecule has 0 radical (unpaired) electrons. The summed E-state index contributed by atoms with van der Waals surface area (Å²) in [6, 6.07) is 13.8. The fourth-order valence-corrected chi connectivity index (χ4v) is 9.14. The summed E-state index contributed by atoms with van der Waals surface area (Å²) in [5.74, 6) is 0.751. The van der Waals surface area contributed by atoms with Gasteiger partial charge in [-0.1, -0.05) is 74.6 Å². The van der Waals surface area contributed by atoms with Crippen molar-refractivity contribution in [3.63, 3.8) is 0 Å². The Morgan fingerprint density at radius 1 is 1.03 bits per heavy atom. The lowest BCUT2D eigenvalue weighted by molar-refractivity contribution is 0.305. The van der Waals surface area contributed by atoms with E-state index in [1.165, 1.54) is 44.2 Å². The van der Waals surface area contributed by atoms with Crippen LogP contribution in [0.5, 0.6) is 0 Å². The monoisotopic (exact) mass is 549 g/mol. The van der Waals surface area contributed by atoms with Crippen LogP contribution < -0.4 is 15.2 Å². The first-order valence-corrected chi connectivity index (χ1v) is 16.3. The predicted molar refractivity (Wildman–Crippen MR) is 147 cm³/mol. The summed E-state index contributed by atoms with van der Waals surface area (Å²) >= 11 is 1.02. The van der Waals surface area contributed by atoms with Crippen molar-refractivity contribution in [1.82, 2.24) is 5.32 Å². The highest BCUT2D eigenvalue weighted by molar-refractivity contribution is 8.15. The van der Waals surface area contributed by atoms with Crippen molar-refractivity contribution >= 4 is 37.5 Å². The van der Waals surface area contributed by atoms with Gasteiger partial charge in [-0.3, -0.25) is 4.72 Å². The second-order valence-corrected chi connectivity index (χ2v) is 14.7. The lowest BCUT2D eigenvalue weighted by Crippen LogP contribution is -2.37. The molecule has 36 heavy (non-hydrogen) atoms. The minimum absolute atomic E-state index is 0.0938. The maximum Gasteiger partial charge on any atom is 0.262 e. The lowest BCUT2D eigenvalue weighted by Gasteiger charge is -2.28. The molecule has 0 saturated heterocycles. The van der Waals surface area contributed by atoms with Crippen LogP contribution in [0.1, 0.15) is 63.0 Å². The number of thioether (sulfide) groups is 1. The Hall–Kier alpha value is -1.85. The molecule has 4 rings (SSSR count). The Labute approximate surface area is 219 Å². The number of nitrogens with two attached hydrogens (primary N) is 1. The summed E-state index contributed by atoms with van der Waals surface area (Å²) in [4.78, 5) is -0.0938. The molecule has 0 bridgehead atoms. The van der Waals surface area contributed by atoms with E-state index in [0.717, 1.165) is 29.7 Å². The van der Waals surface area contributed by atoms with Crippen LogP contribution in [-0.2, 0) is 30.7 Å². The minimum atomic E-state index is -4.11. The summed E-state index contributed by atoms with van der Waals surface area (Å²) in [6.07, 6.45) is 9.44. The van der Waals surface area contributed by atoms with Crippen molar-refractivity contribution in [3.8, 4) is 0 Å². The van der Waals surface area contributed by atoms with Crippen molar-refractivity contribution < 1.29 is 16.8 Å². The van der Waals surface area contributed by atoms with Crippen LogP contribution >= 0.6 is 11.8 Å². The molecule has 1 unspecified atom stereocenters. The van der Waals surface area contributed by atoms with E-state index in [0.29, 0.717) is 18.3 Å². The second-order valence-electron chi connectivity index (χ2n) is 9.77. The number of primary sulfonamides is 1. The van der Waals surface area contributed by atoms with E-state index in [9.17, 15) is 16.8 Å². The topological polar surface area (TPSA) is 118 Å². The Kier molecular flexibility index (Phi) is 8.51. The van der Waals surface area contributed by atoms with Crippen molar-refractivity contribution in [3.05, 3.63) is 71.1 Å². The summed E-state index contributed by atoms with van der Waals surface area (Å²) in [5.41, 5.74) is 1.45. The number of hydrogen-bond donors (Lipinski definition) is 3. The summed E-state index contributed by atoms with van der Waals surface area (Å²) < 4.78 is 53.6. The SMILES string of the molecule is C[C@@H](CC1CCCCC1)NCc1ccccc1NS(=O)(=O)c1ccccc1C1(S(N)(=O)=O)CC=CS1. The Morgan fingerprint density at radius 2 is 1.72 bits per heavy atom. The molecule has 1 aliphatic carbocycles. The van der Waals surface area contributed by atoms with Crippen LogP contribution in [0, 0.1) is 5.92 Å². The quantitative estimate of drug-likeness (QED) is 0.383. The Bertz CT molecular complexity index is 1300. The van der Waals surface area contributed by atoms with E-state index in [1.807, 2.05) is 12.1 Å². The molecule has 1 aliphatic heterocycles. The number of hydrogen-bond acceptors (Lipinski definition) is 6. The van der Waals surface area contributed by atoms with Gasteiger partial charge in [0, 0.05) is 24.6 Å². The van der Waals surface area contributed by atoms with Gasteiger partial charge in [0.15, 0.2) is 4.08 Å². The van der Waals surface area contributed by atoms with Crippen LogP contribution in [0.3, 0.4) is 0 Å². The third-order valence-corrected chi connectivity index (χ3v) is 11.9. The first-order valence-electron chi connectivity index (χ1n) is 12.4. The van der Waals surface area contributed by atoms with E-state index in [4.69, 9.17) is 5.14 Å². The van der Waals surface area contributed by atoms with Crippen LogP contribution in [0.4, 0.5) is 5.69 Å². The summed E-state index contributed by atoms with van der Waals surface area (Å²) in [6.45, 7) is 2.70. The molecule has 0 spiro atoms. The molecule has 196 valence electrons. The molecular weight excluding hydrogens is 515 g/mol. The number of sulfonamides is 2. The van der Waals surface area contributed by atoms with Gasteiger partial charge in [-0.25, -0.2) is 22.0 Å². The molecule has 0 aromatic heterocycles. The normalized spacial score (nSPS) is 21.9. The molecular formula is C26H35N3O4S3. The first kappa shape index (κ1) is 27.2. The van der Waals surface area contributed by atoms with Gasteiger partial charge in [-0.2, -0.15) is 0 Å². The molecule has 2 atom stereocenters. The molecule has 2 aromatic carbocycles. The molecule has 10 heteroatoms. The molecule has 2 aromatic rings. The third kappa shape index (κ3) is 5.99. The van der Waals surface area contributed by atoms with Crippen LogP contribution in [0.15, 0.2) is 64.9 Å². The standard InChI is InChI=1S/C26H35N3O4S3/c1-20(18-21-10-3-2-4-11-21)28-19-22-12-5-7-14-24(22)29-35(30,31)25-15-8-6-13-23(25)26(36(27,32)33)16-9-17-34-26/h5-9,12-15,17,20-21,28-29H,2-4,10-11,16,18-19H2,1H3,(H2,27,32,33)/t20-,26?/m0/s1. The molecule has 4 N–H and O–H groups in total. The second kappa shape index (κ2) is 11.3. The van der Waals surface area contributed by atoms with Gasteiger partial charge in [0.05, 0.1) is 10.6 Å². The molecule has 0 amide bonds. The van der Waals surface area contributed by atoms with Crippen LogP contribution in [0.25, 0.3) is 0 Å². The maximum atomic E-state index is 13.6. The van der Waals surface area contributed by atoms with Crippen molar-refractivity contribution in [1.29, 1.82) is 0 Å². The average Bonchev–Trinajstić information content (AvgIpc) is 3.36. The van der Waals surface area contributed by atoms with E-state index < -0.39 is 24.1 Å². The molecule has 1 fully saturated rings. The highest BCUT2D eigenvalue weighted by Crippen LogP contribution is 2.50. The summed E-state index contributed by atoms with van der Waals surface area (Å²) in [7, 11) is -8.22. The highest BCUT2D eigenvalue weighted by atomic mass is 32.3. The number of nitrogens with one attached hydrogen (secondary N) is 2. The maximum absolute atomic E-state index is 13.6. The smallest absolute Gasteiger partial charge is 0.262 e.